The molecule has 54 valence electrons. The van der Waals surface area contributed by atoms with E-state index in [2.05, 4.69) is 32.7 Å². The summed E-state index contributed by atoms with van der Waals surface area (Å²) in [4.78, 5) is 4.10. The second-order valence-electron chi connectivity index (χ2n) is 2.60. The van der Waals surface area contributed by atoms with Crippen molar-refractivity contribution in [2.45, 2.75) is 19.3 Å². The highest BCUT2D eigenvalue weighted by atomic mass is 127. The van der Waals surface area contributed by atoms with Crippen LogP contribution in [0.1, 0.15) is 18.7 Å². The van der Waals surface area contributed by atoms with Crippen molar-refractivity contribution in [2.75, 3.05) is 0 Å². The summed E-state index contributed by atoms with van der Waals surface area (Å²) in [5.74, 6) is 1.63. The molecule has 2 rings (SSSR count). The first-order valence-corrected chi connectivity index (χ1v) is 4.40. The lowest BCUT2D eigenvalue weighted by atomic mass is 10.3. The highest BCUT2D eigenvalue weighted by Gasteiger charge is 2.24. The van der Waals surface area contributed by atoms with Crippen molar-refractivity contribution in [3.8, 4) is 0 Å². The van der Waals surface area contributed by atoms with E-state index in [0.717, 1.165) is 18.2 Å². The van der Waals surface area contributed by atoms with Gasteiger partial charge in [0.15, 0.2) is 0 Å². The summed E-state index contributed by atoms with van der Waals surface area (Å²) in [5, 5.41) is 3.70. The fraction of sp³-hybridized carbons (Fsp3) is 0.667. The van der Waals surface area contributed by atoms with Crippen molar-refractivity contribution >= 4 is 22.6 Å². The van der Waals surface area contributed by atoms with E-state index in [4.69, 9.17) is 4.52 Å². The third kappa shape index (κ3) is 1.47. The van der Waals surface area contributed by atoms with Crippen LogP contribution in [0.5, 0.6) is 0 Å². The molecule has 1 aromatic rings. The van der Waals surface area contributed by atoms with Gasteiger partial charge in [-0.25, -0.2) is 0 Å². The second-order valence-corrected chi connectivity index (χ2v) is 3.57. The highest BCUT2D eigenvalue weighted by molar-refractivity contribution is 14.1. The average molecular weight is 250 g/mol. The minimum absolute atomic E-state index is 0.716. The molecule has 0 bridgehead atoms. The normalized spacial score (nSPS) is 17.7. The van der Waals surface area contributed by atoms with Crippen LogP contribution in [0, 0.1) is 9.75 Å². The van der Waals surface area contributed by atoms with Gasteiger partial charge in [-0.2, -0.15) is 4.98 Å². The molecule has 0 saturated heterocycles. The zero-order valence-corrected chi connectivity index (χ0v) is 7.54. The van der Waals surface area contributed by atoms with Gasteiger partial charge in [-0.3, -0.25) is 0 Å². The molecule has 1 heterocycles. The van der Waals surface area contributed by atoms with Crippen molar-refractivity contribution in [1.82, 2.24) is 10.1 Å². The second kappa shape index (κ2) is 2.48. The zero-order chi connectivity index (χ0) is 6.97. The Morgan fingerprint density at radius 3 is 2.90 bits per heavy atom. The molecule has 3 nitrogen and oxygen atoms in total. The number of hydrogen-bond acceptors (Lipinski definition) is 3. The van der Waals surface area contributed by atoms with Crippen molar-refractivity contribution in [3.63, 3.8) is 0 Å². The number of hydrogen-bond donors (Lipinski definition) is 0. The van der Waals surface area contributed by atoms with E-state index < -0.39 is 0 Å². The van der Waals surface area contributed by atoms with Gasteiger partial charge in [0.25, 0.3) is 0 Å². The molecule has 4 heteroatoms. The van der Waals surface area contributed by atoms with Crippen LogP contribution >= 0.6 is 22.6 Å². The van der Waals surface area contributed by atoms with Crippen LogP contribution in [0.25, 0.3) is 0 Å². The molecule has 0 aromatic carbocycles. The van der Waals surface area contributed by atoms with Crippen LogP contribution < -0.4 is 0 Å². The Morgan fingerprint density at radius 2 is 2.40 bits per heavy atom. The highest BCUT2D eigenvalue weighted by Crippen LogP contribution is 2.31. The summed E-state index contributed by atoms with van der Waals surface area (Å²) < 4.78 is 5.66. The van der Waals surface area contributed by atoms with Crippen LogP contribution in [0.4, 0.5) is 0 Å². The van der Waals surface area contributed by atoms with Gasteiger partial charge in [-0.05, 0) is 18.8 Å². The van der Waals surface area contributed by atoms with E-state index in [9.17, 15) is 0 Å². The molecule has 0 unspecified atom stereocenters. The minimum atomic E-state index is 0.716. The molecule has 1 aliphatic carbocycles. The Kier molecular flexibility index (Phi) is 1.63. The van der Waals surface area contributed by atoms with Gasteiger partial charge in [0.2, 0.25) is 9.72 Å². The van der Waals surface area contributed by atoms with E-state index in [-0.39, 0.29) is 0 Å². The lowest BCUT2D eigenvalue weighted by Crippen LogP contribution is -1.85. The van der Waals surface area contributed by atoms with E-state index in [0.29, 0.717) is 3.83 Å². The van der Waals surface area contributed by atoms with Gasteiger partial charge in [-0.15, -0.1) is 0 Å². The third-order valence-electron chi connectivity index (χ3n) is 1.60. The molecule has 0 atom stereocenters. The summed E-state index contributed by atoms with van der Waals surface area (Å²) in [6.45, 7) is 0. The summed E-state index contributed by atoms with van der Waals surface area (Å²) in [6, 6.07) is 0. The van der Waals surface area contributed by atoms with Crippen molar-refractivity contribution in [2.24, 2.45) is 5.92 Å². The van der Waals surface area contributed by atoms with Gasteiger partial charge in [-0.1, -0.05) is 5.16 Å². The predicted octanol–water partition coefficient (Wildman–Crippen LogP) is 1.63. The predicted molar refractivity (Wildman–Crippen MR) is 43.4 cm³/mol. The molecule has 0 amide bonds. The SMILES string of the molecule is Ic1noc(CC2CC2)n1. The van der Waals surface area contributed by atoms with E-state index in [1.165, 1.54) is 12.8 Å². The first-order valence-electron chi connectivity index (χ1n) is 3.32. The average Bonchev–Trinajstić information content (AvgIpc) is 2.59. The molecule has 1 saturated carbocycles. The number of aromatic nitrogens is 2. The monoisotopic (exact) mass is 250 g/mol. The van der Waals surface area contributed by atoms with E-state index in [1.54, 1.807) is 0 Å². The molecule has 0 aliphatic heterocycles. The first kappa shape index (κ1) is 6.57. The van der Waals surface area contributed by atoms with Crippen molar-refractivity contribution in [3.05, 3.63) is 9.72 Å². The Bertz CT molecular complexity index is 231. The van der Waals surface area contributed by atoms with Crippen LogP contribution in [0.2, 0.25) is 0 Å². The van der Waals surface area contributed by atoms with Crippen molar-refractivity contribution in [1.29, 1.82) is 0 Å². The molecule has 1 fully saturated rings. The lowest BCUT2D eigenvalue weighted by Gasteiger charge is -1.84. The summed E-state index contributed by atoms with van der Waals surface area (Å²) >= 11 is 2.05. The maximum absolute atomic E-state index is 4.95. The Balaban J connectivity index is 2.03. The fourth-order valence-corrected chi connectivity index (χ4v) is 1.25. The topological polar surface area (TPSA) is 38.9 Å². The van der Waals surface area contributed by atoms with Gasteiger partial charge in [0, 0.05) is 29.0 Å². The van der Waals surface area contributed by atoms with Crippen LogP contribution in [0.15, 0.2) is 4.52 Å². The molecule has 0 radical (unpaired) electrons. The number of halogens is 1. The van der Waals surface area contributed by atoms with Gasteiger partial charge < -0.3 is 4.52 Å². The summed E-state index contributed by atoms with van der Waals surface area (Å²) in [5.41, 5.74) is 0. The summed E-state index contributed by atoms with van der Waals surface area (Å²) in [7, 11) is 0. The Hall–Kier alpha value is -0.130. The molecule has 1 aromatic heterocycles. The van der Waals surface area contributed by atoms with Gasteiger partial charge in [0.05, 0.1) is 0 Å². The maximum atomic E-state index is 4.95. The quantitative estimate of drug-likeness (QED) is 0.749. The molecule has 0 N–H and O–H groups in total. The van der Waals surface area contributed by atoms with Crippen LogP contribution in [0.3, 0.4) is 0 Å². The first-order chi connectivity index (χ1) is 4.84. The lowest BCUT2D eigenvalue weighted by molar-refractivity contribution is 0.369. The maximum Gasteiger partial charge on any atom is 0.232 e. The smallest absolute Gasteiger partial charge is 0.232 e. The van der Waals surface area contributed by atoms with Crippen LogP contribution in [-0.4, -0.2) is 10.1 Å². The van der Waals surface area contributed by atoms with Crippen LogP contribution in [-0.2, 0) is 6.42 Å². The van der Waals surface area contributed by atoms with Gasteiger partial charge in [0.1, 0.15) is 0 Å². The molecule has 10 heavy (non-hydrogen) atoms. The molecular formula is C6H7IN2O. The Labute approximate surface area is 72.3 Å². The van der Waals surface area contributed by atoms with E-state index in [1.807, 2.05) is 0 Å². The summed E-state index contributed by atoms with van der Waals surface area (Å²) in [6.07, 6.45) is 3.65. The zero-order valence-electron chi connectivity index (χ0n) is 5.38. The minimum Gasteiger partial charge on any atom is -0.339 e. The van der Waals surface area contributed by atoms with Gasteiger partial charge >= 0.3 is 0 Å². The standard InChI is InChI=1S/C6H7IN2O/c7-6-8-5(10-9-6)3-4-1-2-4/h4H,1-3H2. The number of nitrogens with zero attached hydrogens (tertiary/aromatic N) is 2. The Morgan fingerprint density at radius 1 is 1.60 bits per heavy atom. The molecular weight excluding hydrogens is 243 g/mol. The largest absolute Gasteiger partial charge is 0.339 e. The van der Waals surface area contributed by atoms with E-state index >= 15 is 0 Å². The fourth-order valence-electron chi connectivity index (χ4n) is 0.886. The third-order valence-corrected chi connectivity index (χ3v) is 2.04. The van der Waals surface area contributed by atoms with Crippen molar-refractivity contribution < 1.29 is 4.52 Å². The molecule has 0 spiro atoms. The number of rotatable bonds is 2. The molecule has 1 aliphatic rings.